The van der Waals surface area contributed by atoms with Crippen molar-refractivity contribution in [3.05, 3.63) is 29.8 Å². The molecule has 0 aliphatic heterocycles. The minimum absolute atomic E-state index is 0.0279. The minimum atomic E-state index is -1.53. The van der Waals surface area contributed by atoms with Crippen LogP contribution in [0.5, 0.6) is 5.75 Å². The standard InChI is InChI=1S/C24H36N6O8/c1-12(2)9-18(24(37)38)30-23(36)17(11-20(27)33)29-22(35)16(10-13-3-5-14(31)6-4-13)28-21(34)15(25)7-8-19(26)32/h3-6,12,15-18,31H,7-11,25H2,1-2H3,(H2,26,32)(H2,27,33)(H,28,34)(H,29,35)(H,30,36)(H,37,38). The SMILES string of the molecule is CC(C)CC(NC(=O)C(CC(N)=O)NC(=O)C(Cc1ccc(O)cc1)NC(=O)C(N)CCC(N)=O)C(=O)O. The van der Waals surface area contributed by atoms with Crippen molar-refractivity contribution >= 4 is 35.5 Å². The van der Waals surface area contributed by atoms with Crippen molar-refractivity contribution in [1.29, 1.82) is 0 Å². The number of hydrogen-bond donors (Lipinski definition) is 8. The number of benzene rings is 1. The fourth-order valence-corrected chi connectivity index (χ4v) is 3.43. The van der Waals surface area contributed by atoms with Crippen LogP contribution in [0, 0.1) is 5.92 Å². The molecule has 0 heterocycles. The third-order valence-electron chi connectivity index (χ3n) is 5.41. The Morgan fingerprint density at radius 3 is 1.84 bits per heavy atom. The number of carbonyl (C=O) groups excluding carboxylic acids is 5. The molecular formula is C24H36N6O8. The summed E-state index contributed by atoms with van der Waals surface area (Å²) in [6.45, 7) is 3.52. The number of amides is 5. The van der Waals surface area contributed by atoms with Crippen molar-refractivity contribution in [2.75, 3.05) is 0 Å². The number of carbonyl (C=O) groups is 6. The highest BCUT2D eigenvalue weighted by atomic mass is 16.4. The zero-order valence-corrected chi connectivity index (χ0v) is 21.3. The van der Waals surface area contributed by atoms with Crippen LogP contribution < -0.4 is 33.2 Å². The summed E-state index contributed by atoms with van der Waals surface area (Å²) in [5, 5.41) is 26.0. The second-order valence-electron chi connectivity index (χ2n) is 9.30. The summed E-state index contributed by atoms with van der Waals surface area (Å²) in [6, 6.07) is 0.471. The molecule has 4 unspecified atom stereocenters. The van der Waals surface area contributed by atoms with Crippen LogP contribution in [0.4, 0.5) is 0 Å². The Bertz CT molecular complexity index is 1010. The highest BCUT2D eigenvalue weighted by molar-refractivity contribution is 5.96. The molecule has 0 spiro atoms. The molecule has 1 aromatic rings. The number of primary amides is 2. The maximum Gasteiger partial charge on any atom is 0.326 e. The molecule has 14 heteroatoms. The van der Waals surface area contributed by atoms with Gasteiger partial charge >= 0.3 is 5.97 Å². The number of aromatic hydroxyl groups is 1. The molecular weight excluding hydrogens is 500 g/mol. The van der Waals surface area contributed by atoms with Crippen LogP contribution in [0.15, 0.2) is 24.3 Å². The van der Waals surface area contributed by atoms with Crippen LogP contribution in [-0.4, -0.2) is 69.9 Å². The number of carboxylic acid groups (broad SMARTS) is 1. The topological polar surface area (TPSA) is 257 Å². The average molecular weight is 537 g/mol. The normalized spacial score (nSPS) is 14.0. The summed E-state index contributed by atoms with van der Waals surface area (Å²) >= 11 is 0. The Hall–Kier alpha value is -4.20. The monoisotopic (exact) mass is 536 g/mol. The first-order valence-electron chi connectivity index (χ1n) is 11.9. The van der Waals surface area contributed by atoms with Crippen LogP contribution in [0.1, 0.15) is 45.1 Å². The number of phenols is 1. The van der Waals surface area contributed by atoms with Gasteiger partial charge in [0.15, 0.2) is 0 Å². The third kappa shape index (κ3) is 11.7. The third-order valence-corrected chi connectivity index (χ3v) is 5.41. The van der Waals surface area contributed by atoms with Crippen LogP contribution in [-0.2, 0) is 35.2 Å². The Kier molecular flexibility index (Phi) is 12.7. The zero-order valence-electron chi connectivity index (χ0n) is 21.3. The molecule has 0 aliphatic carbocycles. The van der Waals surface area contributed by atoms with Crippen molar-refractivity contribution in [3.63, 3.8) is 0 Å². The molecule has 0 saturated heterocycles. The second kappa shape index (κ2) is 15.1. The first-order chi connectivity index (χ1) is 17.7. The van der Waals surface area contributed by atoms with Gasteiger partial charge in [-0.3, -0.25) is 24.0 Å². The number of nitrogens with one attached hydrogen (secondary N) is 3. The number of phenolic OH excluding ortho intramolecular Hbond substituents is 1. The number of carboxylic acids is 1. The molecule has 11 N–H and O–H groups in total. The summed E-state index contributed by atoms with van der Waals surface area (Å²) in [5.41, 5.74) is 16.6. The summed E-state index contributed by atoms with van der Waals surface area (Å²) in [5.74, 6) is -5.60. The number of aliphatic carboxylic acids is 1. The molecule has 4 atom stereocenters. The molecule has 14 nitrogen and oxygen atoms in total. The Morgan fingerprint density at radius 2 is 1.34 bits per heavy atom. The molecule has 210 valence electrons. The van der Waals surface area contributed by atoms with Crippen molar-refractivity contribution < 1.29 is 39.0 Å². The molecule has 0 fully saturated rings. The van der Waals surface area contributed by atoms with Crippen molar-refractivity contribution in [2.45, 2.75) is 70.1 Å². The Balaban J connectivity index is 3.14. The predicted molar refractivity (Wildman–Crippen MR) is 135 cm³/mol. The van der Waals surface area contributed by atoms with Gasteiger partial charge in [0.1, 0.15) is 23.9 Å². The van der Waals surface area contributed by atoms with Crippen LogP contribution in [0.3, 0.4) is 0 Å². The summed E-state index contributed by atoms with van der Waals surface area (Å²) in [6.07, 6.45) is -0.875. The van der Waals surface area contributed by atoms with Gasteiger partial charge < -0.3 is 43.4 Å². The largest absolute Gasteiger partial charge is 0.508 e. The smallest absolute Gasteiger partial charge is 0.326 e. The van der Waals surface area contributed by atoms with E-state index in [1.54, 1.807) is 13.8 Å². The molecule has 1 rings (SSSR count). The maximum atomic E-state index is 13.2. The van der Waals surface area contributed by atoms with Gasteiger partial charge in [-0.2, -0.15) is 0 Å². The fourth-order valence-electron chi connectivity index (χ4n) is 3.43. The molecule has 0 aromatic heterocycles. The van der Waals surface area contributed by atoms with E-state index in [2.05, 4.69) is 16.0 Å². The molecule has 5 amide bonds. The van der Waals surface area contributed by atoms with E-state index in [9.17, 15) is 39.0 Å². The van der Waals surface area contributed by atoms with Crippen molar-refractivity contribution in [2.24, 2.45) is 23.1 Å². The van der Waals surface area contributed by atoms with Crippen LogP contribution in [0.2, 0.25) is 0 Å². The fraction of sp³-hybridized carbons (Fsp3) is 0.500. The molecule has 0 radical (unpaired) electrons. The number of nitrogens with two attached hydrogens (primary N) is 3. The van der Waals surface area contributed by atoms with Gasteiger partial charge in [-0.15, -0.1) is 0 Å². The lowest BCUT2D eigenvalue weighted by molar-refractivity contribution is -0.143. The van der Waals surface area contributed by atoms with E-state index >= 15 is 0 Å². The van der Waals surface area contributed by atoms with Crippen LogP contribution >= 0.6 is 0 Å². The molecule has 38 heavy (non-hydrogen) atoms. The van der Waals surface area contributed by atoms with Crippen molar-refractivity contribution in [3.8, 4) is 5.75 Å². The van der Waals surface area contributed by atoms with E-state index in [1.807, 2.05) is 0 Å². The average Bonchev–Trinajstić information content (AvgIpc) is 2.81. The number of rotatable bonds is 16. The van der Waals surface area contributed by atoms with Gasteiger partial charge in [0.2, 0.25) is 29.5 Å². The van der Waals surface area contributed by atoms with Gasteiger partial charge in [-0.1, -0.05) is 26.0 Å². The van der Waals surface area contributed by atoms with E-state index in [0.29, 0.717) is 5.56 Å². The Labute approximate surface area is 219 Å². The highest BCUT2D eigenvalue weighted by Crippen LogP contribution is 2.12. The first-order valence-corrected chi connectivity index (χ1v) is 11.9. The number of hydrogen-bond acceptors (Lipinski definition) is 8. The van der Waals surface area contributed by atoms with Crippen molar-refractivity contribution in [1.82, 2.24) is 16.0 Å². The quantitative estimate of drug-likeness (QED) is 0.116. The van der Waals surface area contributed by atoms with Gasteiger partial charge in [-0.25, -0.2) is 4.79 Å². The highest BCUT2D eigenvalue weighted by Gasteiger charge is 2.31. The van der Waals surface area contributed by atoms with Gasteiger partial charge in [0.05, 0.1) is 12.5 Å². The summed E-state index contributed by atoms with van der Waals surface area (Å²) in [7, 11) is 0. The second-order valence-corrected chi connectivity index (χ2v) is 9.30. The van der Waals surface area contributed by atoms with Gasteiger partial charge in [-0.05, 0) is 36.5 Å². The minimum Gasteiger partial charge on any atom is -0.508 e. The lowest BCUT2D eigenvalue weighted by atomic mass is 10.0. The lowest BCUT2D eigenvalue weighted by Gasteiger charge is -2.25. The summed E-state index contributed by atoms with van der Waals surface area (Å²) < 4.78 is 0. The van der Waals surface area contributed by atoms with E-state index in [-0.39, 0.29) is 37.4 Å². The predicted octanol–water partition coefficient (Wildman–Crippen LogP) is -2.01. The van der Waals surface area contributed by atoms with Gasteiger partial charge in [0.25, 0.3) is 0 Å². The molecule has 0 saturated carbocycles. The van der Waals surface area contributed by atoms with Crippen LogP contribution in [0.25, 0.3) is 0 Å². The van der Waals surface area contributed by atoms with E-state index in [0.717, 1.165) is 0 Å². The van der Waals surface area contributed by atoms with E-state index in [1.165, 1.54) is 24.3 Å². The molecule has 0 aliphatic rings. The zero-order chi connectivity index (χ0) is 29.0. The first kappa shape index (κ1) is 31.8. The molecule has 0 bridgehead atoms. The molecule has 1 aromatic carbocycles. The maximum absolute atomic E-state index is 13.2. The van der Waals surface area contributed by atoms with Gasteiger partial charge in [0, 0.05) is 12.8 Å². The Morgan fingerprint density at radius 1 is 0.816 bits per heavy atom. The summed E-state index contributed by atoms with van der Waals surface area (Å²) in [4.78, 5) is 72.8. The lowest BCUT2D eigenvalue weighted by Crippen LogP contribution is -2.58. The van der Waals surface area contributed by atoms with E-state index in [4.69, 9.17) is 17.2 Å². The van der Waals surface area contributed by atoms with E-state index < -0.39 is 66.1 Å².